The van der Waals surface area contributed by atoms with Crippen LogP contribution in [0.25, 0.3) is 5.69 Å². The van der Waals surface area contributed by atoms with E-state index in [2.05, 4.69) is 0 Å². The Morgan fingerprint density at radius 2 is 1.57 bits per heavy atom. The zero-order valence-electron chi connectivity index (χ0n) is 16.0. The summed E-state index contributed by atoms with van der Waals surface area (Å²) >= 11 is 0. The Balaban J connectivity index is 0.000000269. The summed E-state index contributed by atoms with van der Waals surface area (Å²) < 4.78 is 52.6. The van der Waals surface area contributed by atoms with Gasteiger partial charge in [-0.05, 0) is 56.3 Å². The predicted octanol–water partition coefficient (Wildman–Crippen LogP) is 4.74. The van der Waals surface area contributed by atoms with Crippen molar-refractivity contribution in [3.63, 3.8) is 0 Å². The number of nitrogens with two attached hydrogens (primary N) is 1. The lowest BCUT2D eigenvalue weighted by Crippen LogP contribution is -2.12. The molecule has 1 aromatic heterocycles. The van der Waals surface area contributed by atoms with Gasteiger partial charge in [0.25, 0.3) is 0 Å². The van der Waals surface area contributed by atoms with Crippen molar-refractivity contribution in [3.05, 3.63) is 88.5 Å². The van der Waals surface area contributed by atoms with E-state index in [-0.39, 0.29) is 22.8 Å². The summed E-state index contributed by atoms with van der Waals surface area (Å²) in [5.41, 5.74) is 5.07. The maximum absolute atomic E-state index is 13.0. The number of hydrogen-bond acceptors (Lipinski definition) is 2. The second kappa shape index (κ2) is 8.81. The van der Waals surface area contributed by atoms with Gasteiger partial charge in [0.15, 0.2) is 0 Å². The van der Waals surface area contributed by atoms with Crippen LogP contribution in [0.3, 0.4) is 0 Å². The third-order valence-electron chi connectivity index (χ3n) is 4.24. The van der Waals surface area contributed by atoms with Gasteiger partial charge in [0, 0.05) is 17.0 Å². The first-order valence-corrected chi connectivity index (χ1v) is 8.57. The number of aromatic nitrogens is 1. The minimum Gasteiger partial charge on any atom is -0.478 e. The Hall–Kier alpha value is -3.62. The van der Waals surface area contributed by atoms with Crippen molar-refractivity contribution in [1.29, 1.82) is 0 Å². The number of benzene rings is 2. The lowest BCUT2D eigenvalue weighted by atomic mass is 10.1. The predicted molar refractivity (Wildman–Crippen MR) is 102 cm³/mol. The maximum Gasteiger partial charge on any atom is 0.418 e. The number of para-hydroxylation sites is 1. The summed E-state index contributed by atoms with van der Waals surface area (Å²) in [4.78, 5) is 21.5. The number of carboxylic acids is 1. The molecule has 1 amide bonds. The number of alkyl halides is 3. The van der Waals surface area contributed by atoms with Gasteiger partial charge in [-0.25, -0.2) is 9.18 Å². The minimum absolute atomic E-state index is 0.000484. The van der Waals surface area contributed by atoms with Crippen molar-refractivity contribution in [2.45, 2.75) is 20.0 Å². The number of hydrogen-bond donors (Lipinski definition) is 2. The molecule has 0 fully saturated rings. The van der Waals surface area contributed by atoms with Crippen molar-refractivity contribution in [2.24, 2.45) is 5.73 Å². The number of rotatable bonds is 3. The molecule has 0 aliphatic carbocycles. The standard InChI is InChI=1S/C14H12F3NO2.C7H6FNO/c1-8-7-10(13(19)20)9(2)18(8)12-6-4-3-5-11(12)14(15,16)17;8-6-3-1-5(2-4-6)7(9)10/h3-7H,1-2H3,(H,19,20);1-4H,(H2,9,10). The summed E-state index contributed by atoms with van der Waals surface area (Å²) in [5, 5.41) is 9.04. The molecule has 3 N–H and O–H groups in total. The van der Waals surface area contributed by atoms with E-state index in [1.54, 1.807) is 6.92 Å². The van der Waals surface area contributed by atoms with Crippen molar-refractivity contribution >= 4 is 11.9 Å². The SMILES string of the molecule is Cc1cc(C(=O)O)c(C)n1-c1ccccc1C(F)(F)F.NC(=O)c1ccc(F)cc1. The average molecular weight is 422 g/mol. The van der Waals surface area contributed by atoms with Gasteiger partial charge in [-0.15, -0.1) is 0 Å². The van der Waals surface area contributed by atoms with Crippen LogP contribution in [0.15, 0.2) is 54.6 Å². The van der Waals surface area contributed by atoms with Crippen LogP contribution in [-0.2, 0) is 6.18 Å². The fourth-order valence-electron chi connectivity index (χ4n) is 2.87. The van der Waals surface area contributed by atoms with E-state index in [1.165, 1.54) is 60.0 Å². The molecule has 0 bridgehead atoms. The Morgan fingerprint density at radius 1 is 1.00 bits per heavy atom. The van der Waals surface area contributed by atoms with Crippen molar-refractivity contribution in [1.82, 2.24) is 4.57 Å². The van der Waals surface area contributed by atoms with Gasteiger partial charge < -0.3 is 15.4 Å². The van der Waals surface area contributed by atoms with E-state index in [0.717, 1.165) is 6.07 Å². The van der Waals surface area contributed by atoms with E-state index >= 15 is 0 Å². The first-order valence-electron chi connectivity index (χ1n) is 8.57. The molecule has 3 aromatic rings. The van der Waals surface area contributed by atoms with E-state index in [4.69, 9.17) is 10.8 Å². The van der Waals surface area contributed by atoms with Crippen LogP contribution in [0, 0.1) is 19.7 Å². The number of carbonyl (C=O) groups is 2. The van der Waals surface area contributed by atoms with Crippen LogP contribution in [0.5, 0.6) is 0 Å². The molecule has 1 heterocycles. The molecule has 2 aromatic carbocycles. The third-order valence-corrected chi connectivity index (χ3v) is 4.24. The topological polar surface area (TPSA) is 85.3 Å². The highest BCUT2D eigenvalue weighted by atomic mass is 19.4. The zero-order chi connectivity index (χ0) is 22.6. The lowest BCUT2D eigenvalue weighted by molar-refractivity contribution is -0.137. The quantitative estimate of drug-likeness (QED) is 0.598. The largest absolute Gasteiger partial charge is 0.478 e. The van der Waals surface area contributed by atoms with Gasteiger partial charge in [-0.1, -0.05) is 12.1 Å². The highest BCUT2D eigenvalue weighted by Crippen LogP contribution is 2.35. The van der Waals surface area contributed by atoms with Crippen LogP contribution in [0.4, 0.5) is 17.6 Å². The average Bonchev–Trinajstić information content (AvgIpc) is 2.96. The summed E-state index contributed by atoms with van der Waals surface area (Å²) in [5.74, 6) is -2.07. The minimum atomic E-state index is -4.50. The second-order valence-electron chi connectivity index (χ2n) is 6.31. The summed E-state index contributed by atoms with van der Waals surface area (Å²) in [7, 11) is 0. The highest BCUT2D eigenvalue weighted by molar-refractivity contribution is 5.92. The van der Waals surface area contributed by atoms with Crippen molar-refractivity contribution < 1.29 is 32.3 Å². The molecule has 3 rings (SSSR count). The number of carboxylic acid groups (broad SMARTS) is 1. The molecule has 9 heteroatoms. The number of aryl methyl sites for hydroxylation is 1. The van der Waals surface area contributed by atoms with Crippen LogP contribution in [0.1, 0.15) is 37.7 Å². The highest BCUT2D eigenvalue weighted by Gasteiger charge is 2.34. The van der Waals surface area contributed by atoms with Crippen molar-refractivity contribution in [2.75, 3.05) is 0 Å². The van der Waals surface area contributed by atoms with Gasteiger partial charge in [0.05, 0.1) is 16.8 Å². The molecule has 0 saturated carbocycles. The number of primary amides is 1. The fourth-order valence-corrected chi connectivity index (χ4v) is 2.87. The first-order chi connectivity index (χ1) is 13.9. The number of nitrogens with zero attached hydrogens (tertiary/aromatic N) is 1. The molecule has 5 nitrogen and oxygen atoms in total. The van der Waals surface area contributed by atoms with Gasteiger partial charge in [-0.2, -0.15) is 13.2 Å². The molecule has 158 valence electrons. The fraction of sp³-hybridized carbons (Fsp3) is 0.143. The number of aromatic carboxylic acids is 1. The molecular weight excluding hydrogens is 404 g/mol. The van der Waals surface area contributed by atoms with E-state index in [1.807, 2.05) is 0 Å². The summed E-state index contributed by atoms with van der Waals surface area (Å²) in [6, 6.07) is 11.5. The van der Waals surface area contributed by atoms with Gasteiger partial charge in [0.1, 0.15) is 5.82 Å². The third kappa shape index (κ3) is 5.05. The van der Waals surface area contributed by atoms with Crippen LogP contribution >= 0.6 is 0 Å². The normalized spacial score (nSPS) is 10.9. The molecule has 0 atom stereocenters. The van der Waals surface area contributed by atoms with Gasteiger partial charge in [-0.3, -0.25) is 4.79 Å². The van der Waals surface area contributed by atoms with Crippen molar-refractivity contribution in [3.8, 4) is 5.69 Å². The monoisotopic (exact) mass is 422 g/mol. The van der Waals surface area contributed by atoms with Gasteiger partial charge >= 0.3 is 12.1 Å². The summed E-state index contributed by atoms with van der Waals surface area (Å²) in [6.45, 7) is 3.07. The van der Waals surface area contributed by atoms with E-state index in [9.17, 15) is 27.2 Å². The van der Waals surface area contributed by atoms with E-state index < -0.39 is 23.6 Å². The number of amides is 1. The molecule has 30 heavy (non-hydrogen) atoms. The Bertz CT molecular complexity index is 1070. The molecule has 0 aliphatic rings. The molecule has 0 saturated heterocycles. The van der Waals surface area contributed by atoms with E-state index in [0.29, 0.717) is 11.3 Å². The first kappa shape index (κ1) is 22.7. The van der Waals surface area contributed by atoms with Crippen LogP contribution < -0.4 is 5.73 Å². The Labute approximate surface area is 169 Å². The molecular formula is C21H18F4N2O3. The smallest absolute Gasteiger partial charge is 0.418 e. The maximum atomic E-state index is 13.0. The lowest BCUT2D eigenvalue weighted by Gasteiger charge is -2.16. The van der Waals surface area contributed by atoms with Crippen LogP contribution in [-0.4, -0.2) is 21.6 Å². The van der Waals surface area contributed by atoms with Gasteiger partial charge in [0.2, 0.25) is 5.91 Å². The Kier molecular flexibility index (Phi) is 6.66. The molecule has 0 radical (unpaired) electrons. The molecule has 0 spiro atoms. The number of halogens is 4. The second-order valence-corrected chi connectivity index (χ2v) is 6.31. The zero-order valence-corrected chi connectivity index (χ0v) is 16.0. The van der Waals surface area contributed by atoms with Crippen LogP contribution in [0.2, 0.25) is 0 Å². The Morgan fingerprint density at radius 3 is 2.03 bits per heavy atom. The molecule has 0 aliphatic heterocycles. The summed E-state index contributed by atoms with van der Waals surface area (Å²) in [6.07, 6.45) is -4.50. The number of carbonyl (C=O) groups excluding carboxylic acids is 1. The molecule has 0 unspecified atom stereocenters.